The molecule has 0 aromatic rings. The first kappa shape index (κ1) is 12.2. The molecule has 0 radical (unpaired) electrons. The smallest absolute Gasteiger partial charge is 0.227 e. The van der Waals surface area contributed by atoms with Gasteiger partial charge in [0.25, 0.3) is 0 Å². The minimum absolute atomic E-state index is 0.0498. The van der Waals surface area contributed by atoms with Gasteiger partial charge in [0.1, 0.15) is 6.17 Å². The second kappa shape index (κ2) is 4.94. The van der Waals surface area contributed by atoms with Crippen LogP contribution in [0.2, 0.25) is 0 Å². The summed E-state index contributed by atoms with van der Waals surface area (Å²) in [6, 6.07) is 0. The van der Waals surface area contributed by atoms with Crippen LogP contribution in [-0.4, -0.2) is 12.1 Å². The topological polar surface area (TPSA) is 41.1 Å². The Bertz CT molecular complexity index is 351. The molecule has 2 rings (SSSR count). The zero-order valence-corrected chi connectivity index (χ0v) is 10.8. The molecule has 3 nitrogen and oxygen atoms in total. The van der Waals surface area contributed by atoms with Gasteiger partial charge in [0.2, 0.25) is 5.91 Å². The van der Waals surface area contributed by atoms with E-state index in [4.69, 9.17) is 0 Å². The summed E-state index contributed by atoms with van der Waals surface area (Å²) in [6.07, 6.45) is 11.6. The number of amides is 1. The number of carbonyl (C=O) groups is 1. The Morgan fingerprint density at radius 1 is 1.41 bits per heavy atom. The average Bonchev–Trinajstić information content (AvgIpc) is 2.30. The van der Waals surface area contributed by atoms with Crippen molar-refractivity contribution >= 4 is 5.91 Å². The first-order valence-electron chi connectivity index (χ1n) is 6.52. The molecule has 1 saturated carbocycles. The summed E-state index contributed by atoms with van der Waals surface area (Å²) in [5.74, 6) is 0.189. The lowest BCUT2D eigenvalue weighted by Crippen LogP contribution is -2.49. The van der Waals surface area contributed by atoms with Crippen LogP contribution in [0.4, 0.5) is 0 Å². The van der Waals surface area contributed by atoms with Crippen molar-refractivity contribution in [3.05, 3.63) is 23.9 Å². The number of rotatable bonds is 2. The third-order valence-electron chi connectivity index (χ3n) is 3.84. The third-order valence-corrected chi connectivity index (χ3v) is 3.84. The highest BCUT2D eigenvalue weighted by atomic mass is 16.2. The molecule has 94 valence electrons. The van der Waals surface area contributed by atoms with Crippen LogP contribution in [0.25, 0.3) is 0 Å². The van der Waals surface area contributed by atoms with Crippen LogP contribution in [0.15, 0.2) is 23.9 Å². The van der Waals surface area contributed by atoms with Crippen LogP contribution in [0, 0.1) is 5.41 Å². The van der Waals surface area contributed by atoms with E-state index in [-0.39, 0.29) is 17.5 Å². The predicted molar refractivity (Wildman–Crippen MR) is 69.2 cm³/mol. The number of hydrogen-bond acceptors (Lipinski definition) is 2. The molecular weight excluding hydrogens is 212 g/mol. The third kappa shape index (κ3) is 2.90. The molecule has 0 spiro atoms. The molecule has 0 bridgehead atoms. The summed E-state index contributed by atoms with van der Waals surface area (Å²) in [6.45, 7) is 4.13. The lowest BCUT2D eigenvalue weighted by molar-refractivity contribution is -0.132. The van der Waals surface area contributed by atoms with Crippen molar-refractivity contribution in [1.82, 2.24) is 10.6 Å². The van der Waals surface area contributed by atoms with Crippen LogP contribution in [0.1, 0.15) is 46.0 Å². The molecule has 1 aliphatic carbocycles. The monoisotopic (exact) mass is 234 g/mol. The fourth-order valence-electron chi connectivity index (χ4n) is 2.61. The molecule has 0 aromatic carbocycles. The van der Waals surface area contributed by atoms with E-state index >= 15 is 0 Å². The number of dihydropyridines is 1. The van der Waals surface area contributed by atoms with Gasteiger partial charge in [0.05, 0.1) is 0 Å². The summed E-state index contributed by atoms with van der Waals surface area (Å²) in [4.78, 5) is 12.3. The Hall–Kier alpha value is -1.25. The zero-order valence-electron chi connectivity index (χ0n) is 10.8. The van der Waals surface area contributed by atoms with Crippen LogP contribution in [0.3, 0.4) is 0 Å². The van der Waals surface area contributed by atoms with Gasteiger partial charge in [0, 0.05) is 5.41 Å². The lowest BCUT2D eigenvalue weighted by atomic mass is 9.75. The molecule has 1 atom stereocenters. The highest BCUT2D eigenvalue weighted by Crippen LogP contribution is 2.35. The highest BCUT2D eigenvalue weighted by Gasteiger charge is 2.35. The van der Waals surface area contributed by atoms with Gasteiger partial charge in [-0.2, -0.15) is 0 Å². The molecule has 2 N–H and O–H groups in total. The van der Waals surface area contributed by atoms with E-state index in [0.717, 1.165) is 12.8 Å². The first-order chi connectivity index (χ1) is 8.10. The molecule has 0 aromatic heterocycles. The molecule has 1 amide bonds. The van der Waals surface area contributed by atoms with Crippen molar-refractivity contribution in [2.75, 3.05) is 0 Å². The van der Waals surface area contributed by atoms with Crippen LogP contribution in [-0.2, 0) is 4.79 Å². The minimum Gasteiger partial charge on any atom is -0.368 e. The maximum atomic E-state index is 12.3. The number of hydrogen-bond donors (Lipinski definition) is 2. The summed E-state index contributed by atoms with van der Waals surface area (Å²) in [5.41, 5.74) is 1.02. The van der Waals surface area contributed by atoms with Gasteiger partial charge in [-0.15, -0.1) is 0 Å². The second-order valence-electron chi connectivity index (χ2n) is 5.48. The SMILES string of the molecule is CC1=CC(NC(=O)C2(C)CCCCC2)NC=C1. The Morgan fingerprint density at radius 3 is 2.76 bits per heavy atom. The van der Waals surface area contributed by atoms with Gasteiger partial charge in [-0.3, -0.25) is 4.79 Å². The van der Waals surface area contributed by atoms with Crippen LogP contribution in [0.5, 0.6) is 0 Å². The Balaban J connectivity index is 1.94. The predicted octanol–water partition coefficient (Wildman–Crippen LogP) is 2.46. The average molecular weight is 234 g/mol. The molecule has 3 heteroatoms. The molecule has 1 aliphatic heterocycles. The molecule has 1 fully saturated rings. The van der Waals surface area contributed by atoms with Gasteiger partial charge in [-0.25, -0.2) is 0 Å². The summed E-state index contributed by atoms with van der Waals surface area (Å²) >= 11 is 0. The Morgan fingerprint density at radius 2 is 2.12 bits per heavy atom. The van der Waals surface area contributed by atoms with Crippen molar-refractivity contribution in [1.29, 1.82) is 0 Å². The Labute approximate surface area is 103 Å². The van der Waals surface area contributed by atoms with E-state index in [1.165, 1.54) is 24.8 Å². The van der Waals surface area contributed by atoms with Gasteiger partial charge in [-0.05, 0) is 43.7 Å². The maximum absolute atomic E-state index is 12.3. The molecule has 2 aliphatic rings. The summed E-state index contributed by atoms with van der Waals surface area (Å²) < 4.78 is 0. The Kier molecular flexibility index (Phi) is 3.55. The number of carbonyl (C=O) groups excluding carboxylic acids is 1. The first-order valence-corrected chi connectivity index (χ1v) is 6.52. The van der Waals surface area contributed by atoms with Gasteiger partial charge >= 0.3 is 0 Å². The molecule has 1 unspecified atom stereocenters. The number of nitrogens with one attached hydrogen (secondary N) is 2. The van der Waals surface area contributed by atoms with E-state index in [2.05, 4.69) is 17.6 Å². The minimum atomic E-state index is -0.164. The van der Waals surface area contributed by atoms with E-state index in [1.54, 1.807) is 0 Å². The van der Waals surface area contributed by atoms with E-state index in [9.17, 15) is 4.79 Å². The highest BCUT2D eigenvalue weighted by molar-refractivity contribution is 5.82. The normalized spacial score (nSPS) is 26.9. The second-order valence-corrected chi connectivity index (χ2v) is 5.48. The largest absolute Gasteiger partial charge is 0.368 e. The van der Waals surface area contributed by atoms with Crippen molar-refractivity contribution in [3.8, 4) is 0 Å². The summed E-state index contributed by atoms with van der Waals surface area (Å²) in [5, 5.41) is 6.23. The fraction of sp³-hybridized carbons (Fsp3) is 0.643. The summed E-state index contributed by atoms with van der Waals surface area (Å²) in [7, 11) is 0. The quantitative estimate of drug-likeness (QED) is 0.770. The van der Waals surface area contributed by atoms with Crippen molar-refractivity contribution in [3.63, 3.8) is 0 Å². The molecule has 17 heavy (non-hydrogen) atoms. The van der Waals surface area contributed by atoms with Crippen LogP contribution < -0.4 is 10.6 Å². The molecule has 0 saturated heterocycles. The molecule has 1 heterocycles. The van der Waals surface area contributed by atoms with Crippen molar-refractivity contribution < 1.29 is 4.79 Å². The zero-order chi connectivity index (χ0) is 12.3. The number of allylic oxidation sites excluding steroid dienone is 2. The van der Waals surface area contributed by atoms with Gasteiger partial charge in [0.15, 0.2) is 0 Å². The lowest BCUT2D eigenvalue weighted by Gasteiger charge is -2.33. The van der Waals surface area contributed by atoms with Gasteiger partial charge < -0.3 is 10.6 Å². The van der Waals surface area contributed by atoms with E-state index < -0.39 is 0 Å². The van der Waals surface area contributed by atoms with Crippen molar-refractivity contribution in [2.45, 2.75) is 52.1 Å². The van der Waals surface area contributed by atoms with Gasteiger partial charge in [-0.1, -0.05) is 26.2 Å². The standard InChI is InChI=1S/C14H22N2O/c1-11-6-9-15-12(10-11)16-13(17)14(2)7-4-3-5-8-14/h6,9-10,12,15H,3-5,7-8H2,1-2H3,(H,16,17). The van der Waals surface area contributed by atoms with E-state index in [1.807, 2.05) is 25.3 Å². The van der Waals surface area contributed by atoms with Crippen molar-refractivity contribution in [2.24, 2.45) is 5.41 Å². The van der Waals surface area contributed by atoms with Crippen LogP contribution >= 0.6 is 0 Å². The maximum Gasteiger partial charge on any atom is 0.227 e. The fourth-order valence-corrected chi connectivity index (χ4v) is 2.61. The molecular formula is C14H22N2O. The van der Waals surface area contributed by atoms with E-state index in [0.29, 0.717) is 0 Å².